The fourth-order valence-electron chi connectivity index (χ4n) is 3.02. The molecule has 20 heavy (non-hydrogen) atoms. The van der Waals surface area contributed by atoms with Gasteiger partial charge in [-0.25, -0.2) is 0 Å². The van der Waals surface area contributed by atoms with Crippen LogP contribution in [-0.4, -0.2) is 18.6 Å². The predicted octanol–water partition coefficient (Wildman–Crippen LogP) is 3.43. The highest BCUT2D eigenvalue weighted by Gasteiger charge is 2.38. The third-order valence-electron chi connectivity index (χ3n) is 4.26. The number of methoxy groups -OCH3 is 1. The van der Waals surface area contributed by atoms with Gasteiger partial charge in [0.1, 0.15) is 5.54 Å². The Labute approximate surface area is 121 Å². The number of carbonyl (C=O) groups is 1. The van der Waals surface area contributed by atoms with E-state index in [1.807, 2.05) is 18.2 Å². The number of nitrogens with one attached hydrogen (secondary N) is 1. The zero-order chi connectivity index (χ0) is 14.3. The second kappa shape index (κ2) is 7.44. The SMILES string of the molecule is COC(=O)C1(NCc2ccccc2)CCCCCCC1. The second-order valence-corrected chi connectivity index (χ2v) is 5.68. The molecule has 0 spiro atoms. The van der Waals surface area contributed by atoms with Crippen LogP contribution in [0.4, 0.5) is 0 Å². The molecule has 0 radical (unpaired) electrons. The molecular weight excluding hydrogens is 250 g/mol. The van der Waals surface area contributed by atoms with Crippen molar-refractivity contribution in [2.75, 3.05) is 7.11 Å². The smallest absolute Gasteiger partial charge is 0.326 e. The Balaban J connectivity index is 2.07. The molecule has 1 aromatic carbocycles. The lowest BCUT2D eigenvalue weighted by Crippen LogP contribution is -2.52. The largest absolute Gasteiger partial charge is 0.468 e. The van der Waals surface area contributed by atoms with Gasteiger partial charge in [0.2, 0.25) is 0 Å². The van der Waals surface area contributed by atoms with Gasteiger partial charge < -0.3 is 4.74 Å². The van der Waals surface area contributed by atoms with Gasteiger partial charge in [-0.2, -0.15) is 0 Å². The molecule has 1 aliphatic carbocycles. The molecule has 0 aromatic heterocycles. The predicted molar refractivity (Wildman–Crippen MR) is 80.3 cm³/mol. The van der Waals surface area contributed by atoms with Crippen molar-refractivity contribution in [1.29, 1.82) is 0 Å². The van der Waals surface area contributed by atoms with E-state index in [2.05, 4.69) is 17.4 Å². The van der Waals surface area contributed by atoms with Gasteiger partial charge in [-0.1, -0.05) is 62.4 Å². The van der Waals surface area contributed by atoms with Crippen molar-refractivity contribution in [1.82, 2.24) is 5.32 Å². The standard InChI is InChI=1S/C17H25NO2/c1-20-16(19)17(12-8-3-2-4-9-13-17)18-14-15-10-6-5-7-11-15/h5-7,10-11,18H,2-4,8-9,12-14H2,1H3. The van der Waals surface area contributed by atoms with Crippen molar-refractivity contribution in [3.8, 4) is 0 Å². The summed E-state index contributed by atoms with van der Waals surface area (Å²) in [6.07, 6.45) is 7.67. The molecular formula is C17H25NO2. The average molecular weight is 275 g/mol. The summed E-state index contributed by atoms with van der Waals surface area (Å²) in [6.45, 7) is 0.718. The van der Waals surface area contributed by atoms with E-state index in [1.165, 1.54) is 31.9 Å². The van der Waals surface area contributed by atoms with Crippen molar-refractivity contribution in [3.05, 3.63) is 35.9 Å². The first-order chi connectivity index (χ1) is 9.77. The van der Waals surface area contributed by atoms with Crippen LogP contribution in [0.25, 0.3) is 0 Å². The minimum Gasteiger partial charge on any atom is -0.468 e. The van der Waals surface area contributed by atoms with E-state index >= 15 is 0 Å². The maximum Gasteiger partial charge on any atom is 0.326 e. The summed E-state index contributed by atoms with van der Waals surface area (Å²) in [6, 6.07) is 10.2. The van der Waals surface area contributed by atoms with Gasteiger partial charge in [0.05, 0.1) is 7.11 Å². The maximum atomic E-state index is 12.3. The Morgan fingerprint density at radius 2 is 1.70 bits per heavy atom. The molecule has 0 saturated heterocycles. The molecule has 3 nitrogen and oxygen atoms in total. The monoisotopic (exact) mass is 275 g/mol. The molecule has 1 saturated carbocycles. The third kappa shape index (κ3) is 3.83. The highest BCUT2D eigenvalue weighted by Crippen LogP contribution is 2.28. The molecule has 110 valence electrons. The Hall–Kier alpha value is -1.35. The number of esters is 1. The van der Waals surface area contributed by atoms with E-state index in [9.17, 15) is 4.79 Å². The van der Waals surface area contributed by atoms with Crippen LogP contribution in [0, 0.1) is 0 Å². The number of benzene rings is 1. The highest BCUT2D eigenvalue weighted by molar-refractivity contribution is 5.80. The van der Waals surface area contributed by atoms with E-state index in [-0.39, 0.29) is 5.97 Å². The average Bonchev–Trinajstić information content (AvgIpc) is 2.47. The number of ether oxygens (including phenoxy) is 1. The quantitative estimate of drug-likeness (QED) is 0.856. The maximum absolute atomic E-state index is 12.3. The first-order valence-corrected chi connectivity index (χ1v) is 7.64. The summed E-state index contributed by atoms with van der Waals surface area (Å²) in [5.41, 5.74) is 0.711. The first kappa shape index (κ1) is 15.0. The van der Waals surface area contributed by atoms with Crippen LogP contribution in [-0.2, 0) is 16.1 Å². The molecule has 1 aliphatic rings. The van der Waals surface area contributed by atoms with Crippen molar-refractivity contribution in [2.45, 2.75) is 57.0 Å². The lowest BCUT2D eigenvalue weighted by molar-refractivity contribution is -0.149. The number of rotatable bonds is 4. The topological polar surface area (TPSA) is 38.3 Å². The molecule has 3 heteroatoms. The summed E-state index contributed by atoms with van der Waals surface area (Å²) >= 11 is 0. The summed E-state index contributed by atoms with van der Waals surface area (Å²) in [5.74, 6) is -0.102. The zero-order valence-electron chi connectivity index (χ0n) is 12.4. The van der Waals surface area contributed by atoms with Crippen molar-refractivity contribution in [2.24, 2.45) is 0 Å². The van der Waals surface area contributed by atoms with E-state index in [0.717, 1.165) is 32.2 Å². The first-order valence-electron chi connectivity index (χ1n) is 7.64. The van der Waals surface area contributed by atoms with Crippen LogP contribution in [0.3, 0.4) is 0 Å². The fourth-order valence-corrected chi connectivity index (χ4v) is 3.02. The molecule has 0 heterocycles. The van der Waals surface area contributed by atoms with Crippen LogP contribution in [0.15, 0.2) is 30.3 Å². The third-order valence-corrected chi connectivity index (χ3v) is 4.26. The van der Waals surface area contributed by atoms with Gasteiger partial charge >= 0.3 is 5.97 Å². The van der Waals surface area contributed by atoms with E-state index < -0.39 is 5.54 Å². The summed E-state index contributed by atoms with van der Waals surface area (Å²) in [4.78, 5) is 12.3. The Bertz CT molecular complexity index is 408. The minimum atomic E-state index is -0.495. The van der Waals surface area contributed by atoms with Crippen LogP contribution >= 0.6 is 0 Å². The molecule has 0 unspecified atom stereocenters. The highest BCUT2D eigenvalue weighted by atomic mass is 16.5. The fraction of sp³-hybridized carbons (Fsp3) is 0.588. The van der Waals surface area contributed by atoms with Crippen molar-refractivity contribution in [3.63, 3.8) is 0 Å². The van der Waals surface area contributed by atoms with E-state index in [1.54, 1.807) is 0 Å². The van der Waals surface area contributed by atoms with Crippen LogP contribution in [0.2, 0.25) is 0 Å². The normalized spacial score (nSPS) is 18.9. The molecule has 0 aliphatic heterocycles. The van der Waals surface area contributed by atoms with E-state index in [4.69, 9.17) is 4.74 Å². The number of carbonyl (C=O) groups excluding carboxylic acids is 1. The molecule has 0 amide bonds. The van der Waals surface area contributed by atoms with Gasteiger partial charge in [0.15, 0.2) is 0 Å². The van der Waals surface area contributed by atoms with Gasteiger partial charge in [-0.3, -0.25) is 10.1 Å². The molecule has 0 bridgehead atoms. The van der Waals surface area contributed by atoms with E-state index in [0.29, 0.717) is 0 Å². The summed E-state index contributed by atoms with van der Waals surface area (Å²) in [7, 11) is 1.49. The molecule has 1 N–H and O–H groups in total. The number of hydrogen-bond donors (Lipinski definition) is 1. The number of hydrogen-bond acceptors (Lipinski definition) is 3. The summed E-state index contributed by atoms with van der Waals surface area (Å²) < 4.78 is 5.08. The van der Waals surface area contributed by atoms with Gasteiger partial charge in [-0.05, 0) is 18.4 Å². The van der Waals surface area contributed by atoms with Crippen LogP contribution in [0.5, 0.6) is 0 Å². The van der Waals surface area contributed by atoms with Gasteiger partial charge in [0, 0.05) is 6.54 Å². The zero-order valence-corrected chi connectivity index (χ0v) is 12.4. The molecule has 1 fully saturated rings. The molecule has 0 atom stereocenters. The van der Waals surface area contributed by atoms with Crippen LogP contribution in [0.1, 0.15) is 50.5 Å². The lowest BCUT2D eigenvalue weighted by atomic mass is 9.83. The second-order valence-electron chi connectivity index (χ2n) is 5.68. The molecule has 2 rings (SSSR count). The lowest BCUT2D eigenvalue weighted by Gasteiger charge is -2.33. The Kier molecular flexibility index (Phi) is 5.60. The van der Waals surface area contributed by atoms with Crippen molar-refractivity contribution >= 4 is 5.97 Å². The Morgan fingerprint density at radius 3 is 2.30 bits per heavy atom. The van der Waals surface area contributed by atoms with Crippen LogP contribution < -0.4 is 5.32 Å². The molecule has 1 aromatic rings. The summed E-state index contributed by atoms with van der Waals surface area (Å²) in [5, 5.41) is 3.50. The van der Waals surface area contributed by atoms with Gasteiger partial charge in [-0.15, -0.1) is 0 Å². The Morgan fingerprint density at radius 1 is 1.10 bits per heavy atom. The van der Waals surface area contributed by atoms with Crippen molar-refractivity contribution < 1.29 is 9.53 Å². The minimum absolute atomic E-state index is 0.102. The van der Waals surface area contributed by atoms with Gasteiger partial charge in [0.25, 0.3) is 0 Å².